The molecule has 3 aromatic heterocycles. The number of nitrogens with zero attached hydrogens (tertiary/aromatic N) is 4. The number of halogens is 2. The highest BCUT2D eigenvalue weighted by Crippen LogP contribution is 2.39. The average Bonchev–Trinajstić information content (AvgIpc) is 2.63. The molecule has 1 aliphatic heterocycles. The Kier molecular flexibility index (Phi) is 3.85. The van der Waals surface area contributed by atoms with Gasteiger partial charge in [-0.1, -0.05) is 11.6 Å². The first-order chi connectivity index (χ1) is 12.1. The highest BCUT2D eigenvalue weighted by molar-refractivity contribution is 6.29. The van der Waals surface area contributed by atoms with Crippen LogP contribution in [0.15, 0.2) is 42.9 Å². The quantitative estimate of drug-likeness (QED) is 0.708. The molecule has 6 nitrogen and oxygen atoms in total. The van der Waals surface area contributed by atoms with E-state index in [1.54, 1.807) is 24.5 Å². The Morgan fingerprint density at radius 3 is 2.88 bits per heavy atom. The van der Waals surface area contributed by atoms with E-state index in [0.717, 1.165) is 17.6 Å². The summed E-state index contributed by atoms with van der Waals surface area (Å²) >= 11 is 5.89. The van der Waals surface area contributed by atoms with Crippen molar-refractivity contribution in [2.75, 3.05) is 23.8 Å². The zero-order valence-electron chi connectivity index (χ0n) is 13.0. The van der Waals surface area contributed by atoms with E-state index in [4.69, 9.17) is 22.1 Å². The van der Waals surface area contributed by atoms with Gasteiger partial charge in [0.15, 0.2) is 11.6 Å². The van der Waals surface area contributed by atoms with Crippen LogP contribution in [0.5, 0.6) is 5.75 Å². The molecule has 3 aromatic rings. The van der Waals surface area contributed by atoms with Gasteiger partial charge in [0, 0.05) is 23.5 Å². The second-order valence-corrected chi connectivity index (χ2v) is 5.85. The van der Waals surface area contributed by atoms with Gasteiger partial charge in [0.05, 0.1) is 30.3 Å². The maximum atomic E-state index is 14.1. The second-order valence-electron chi connectivity index (χ2n) is 5.46. The number of hydrogen-bond donors (Lipinski definition) is 1. The van der Waals surface area contributed by atoms with Crippen molar-refractivity contribution >= 4 is 28.8 Å². The summed E-state index contributed by atoms with van der Waals surface area (Å²) in [5.41, 5.74) is 8.16. The van der Waals surface area contributed by atoms with Crippen molar-refractivity contribution < 1.29 is 9.13 Å². The van der Waals surface area contributed by atoms with E-state index in [9.17, 15) is 4.39 Å². The Morgan fingerprint density at radius 2 is 2.04 bits per heavy atom. The molecule has 0 saturated carbocycles. The number of ether oxygens (including phenoxy) is 1. The Labute approximate surface area is 148 Å². The van der Waals surface area contributed by atoms with E-state index >= 15 is 0 Å². The van der Waals surface area contributed by atoms with Gasteiger partial charge in [-0.05, 0) is 18.2 Å². The summed E-state index contributed by atoms with van der Waals surface area (Å²) in [4.78, 5) is 14.1. The van der Waals surface area contributed by atoms with Crippen LogP contribution in [-0.2, 0) is 0 Å². The zero-order chi connectivity index (χ0) is 17.4. The number of hydrogen-bond acceptors (Lipinski definition) is 6. The highest BCUT2D eigenvalue weighted by Gasteiger charge is 2.22. The van der Waals surface area contributed by atoms with Crippen LogP contribution in [0, 0.1) is 5.82 Å². The molecule has 0 bridgehead atoms. The van der Waals surface area contributed by atoms with Crippen LogP contribution in [0.4, 0.5) is 21.6 Å². The molecule has 0 fully saturated rings. The Morgan fingerprint density at radius 1 is 1.16 bits per heavy atom. The fraction of sp³-hybridized carbons (Fsp3) is 0.118. The number of aromatic nitrogens is 3. The van der Waals surface area contributed by atoms with Gasteiger partial charge < -0.3 is 15.4 Å². The SMILES string of the molecule is Nc1cc(N2CCOc3cnc(-c4cc(Cl)ncc4F)cc32)ccn1. The largest absolute Gasteiger partial charge is 0.488 e. The lowest BCUT2D eigenvalue weighted by Gasteiger charge is -2.31. The van der Waals surface area contributed by atoms with E-state index in [-0.39, 0.29) is 10.7 Å². The Balaban J connectivity index is 1.82. The fourth-order valence-corrected chi connectivity index (χ4v) is 2.91. The molecule has 1 aliphatic rings. The van der Waals surface area contributed by atoms with Crippen molar-refractivity contribution in [3.63, 3.8) is 0 Å². The third-order valence-corrected chi connectivity index (χ3v) is 4.09. The summed E-state index contributed by atoms with van der Waals surface area (Å²) in [5, 5.41) is 0.200. The molecule has 25 heavy (non-hydrogen) atoms. The molecule has 4 heterocycles. The van der Waals surface area contributed by atoms with Gasteiger partial charge in [-0.2, -0.15) is 0 Å². The summed E-state index contributed by atoms with van der Waals surface area (Å²) in [6.07, 6.45) is 4.30. The number of anilines is 3. The molecular formula is C17H13ClFN5O. The first-order valence-corrected chi connectivity index (χ1v) is 7.93. The summed E-state index contributed by atoms with van der Waals surface area (Å²) in [7, 11) is 0. The molecule has 0 spiro atoms. The van der Waals surface area contributed by atoms with E-state index in [1.807, 2.05) is 11.0 Å². The van der Waals surface area contributed by atoms with Gasteiger partial charge >= 0.3 is 0 Å². The number of nitrogens with two attached hydrogens (primary N) is 1. The smallest absolute Gasteiger partial charge is 0.161 e. The molecule has 4 rings (SSSR count). The molecular weight excluding hydrogens is 345 g/mol. The Hall–Kier alpha value is -2.93. The number of pyridine rings is 3. The topological polar surface area (TPSA) is 77.2 Å². The van der Waals surface area contributed by atoms with Crippen molar-refractivity contribution in [1.82, 2.24) is 15.0 Å². The predicted octanol–water partition coefficient (Wildman–Crippen LogP) is 3.44. The minimum absolute atomic E-state index is 0.200. The van der Waals surface area contributed by atoms with Gasteiger partial charge in [-0.25, -0.2) is 14.4 Å². The van der Waals surface area contributed by atoms with E-state index in [1.165, 1.54) is 6.07 Å². The van der Waals surface area contributed by atoms with Gasteiger partial charge in [-0.15, -0.1) is 0 Å². The molecule has 2 N–H and O–H groups in total. The fourth-order valence-electron chi connectivity index (χ4n) is 2.75. The normalized spacial score (nSPS) is 13.3. The lowest BCUT2D eigenvalue weighted by atomic mass is 10.1. The van der Waals surface area contributed by atoms with Gasteiger partial charge in [-0.3, -0.25) is 4.98 Å². The van der Waals surface area contributed by atoms with Gasteiger partial charge in [0.25, 0.3) is 0 Å². The number of fused-ring (bicyclic) bond motifs is 1. The Bertz CT molecular complexity index is 952. The van der Waals surface area contributed by atoms with Crippen LogP contribution in [0.3, 0.4) is 0 Å². The van der Waals surface area contributed by atoms with Crippen molar-refractivity contribution in [3.8, 4) is 17.0 Å². The van der Waals surface area contributed by atoms with Crippen LogP contribution < -0.4 is 15.4 Å². The van der Waals surface area contributed by atoms with Crippen molar-refractivity contribution in [1.29, 1.82) is 0 Å². The first kappa shape index (κ1) is 15.6. The van der Waals surface area contributed by atoms with Gasteiger partial charge in [0.1, 0.15) is 17.6 Å². The number of nitrogen functional groups attached to an aromatic ring is 1. The van der Waals surface area contributed by atoms with Gasteiger partial charge in [0.2, 0.25) is 0 Å². The average molecular weight is 358 g/mol. The summed E-state index contributed by atoms with van der Waals surface area (Å²) in [5.74, 6) is 0.547. The molecule has 126 valence electrons. The lowest BCUT2D eigenvalue weighted by Crippen LogP contribution is -2.28. The zero-order valence-corrected chi connectivity index (χ0v) is 13.7. The van der Waals surface area contributed by atoms with Crippen LogP contribution in [0.25, 0.3) is 11.3 Å². The number of rotatable bonds is 2. The summed E-state index contributed by atoms with van der Waals surface area (Å²) in [6.45, 7) is 1.13. The maximum absolute atomic E-state index is 14.1. The lowest BCUT2D eigenvalue weighted by molar-refractivity contribution is 0.313. The minimum atomic E-state index is -0.492. The molecule has 0 aliphatic carbocycles. The predicted molar refractivity (Wildman–Crippen MR) is 93.6 cm³/mol. The third-order valence-electron chi connectivity index (χ3n) is 3.88. The van der Waals surface area contributed by atoms with Crippen molar-refractivity contribution in [3.05, 3.63) is 53.8 Å². The highest BCUT2D eigenvalue weighted by atomic mass is 35.5. The van der Waals surface area contributed by atoms with Crippen molar-refractivity contribution in [2.45, 2.75) is 0 Å². The van der Waals surface area contributed by atoms with Crippen molar-refractivity contribution in [2.24, 2.45) is 0 Å². The molecule has 0 radical (unpaired) electrons. The van der Waals surface area contributed by atoms with Crippen LogP contribution in [-0.4, -0.2) is 28.1 Å². The van der Waals surface area contributed by atoms with Crippen LogP contribution >= 0.6 is 11.6 Å². The summed E-state index contributed by atoms with van der Waals surface area (Å²) < 4.78 is 19.8. The molecule has 0 atom stereocenters. The first-order valence-electron chi connectivity index (χ1n) is 7.55. The second kappa shape index (κ2) is 6.18. The maximum Gasteiger partial charge on any atom is 0.161 e. The molecule has 0 saturated heterocycles. The van der Waals surface area contributed by atoms with E-state index < -0.39 is 5.82 Å². The molecule has 0 unspecified atom stereocenters. The molecule has 0 amide bonds. The minimum Gasteiger partial charge on any atom is -0.488 e. The van der Waals surface area contributed by atoms with E-state index in [0.29, 0.717) is 30.4 Å². The molecule has 0 aromatic carbocycles. The van der Waals surface area contributed by atoms with Crippen LogP contribution in [0.2, 0.25) is 5.15 Å². The monoisotopic (exact) mass is 357 g/mol. The molecule has 8 heteroatoms. The standard InChI is InChI=1S/C17H13ClFN5O/c18-16-6-11(12(19)8-23-16)13-7-14-15(9-22-13)25-4-3-24(14)10-1-2-21-17(20)5-10/h1-2,5-9H,3-4H2,(H2,20,21). The third kappa shape index (κ3) is 2.94. The summed E-state index contributed by atoms with van der Waals surface area (Å²) in [6, 6.07) is 6.85. The van der Waals surface area contributed by atoms with Crippen LogP contribution in [0.1, 0.15) is 0 Å². The van der Waals surface area contributed by atoms with E-state index in [2.05, 4.69) is 15.0 Å².